The van der Waals surface area contributed by atoms with Gasteiger partial charge in [-0.1, -0.05) is 0 Å². The van der Waals surface area contributed by atoms with Crippen LogP contribution in [0.1, 0.15) is 6.42 Å². The number of hydrogen-bond acceptors (Lipinski definition) is 4. The summed E-state index contributed by atoms with van der Waals surface area (Å²) in [6.45, 7) is 3.73. The van der Waals surface area contributed by atoms with Gasteiger partial charge >= 0.3 is 5.97 Å². The second-order valence-electron chi connectivity index (χ2n) is 3.58. The van der Waals surface area contributed by atoms with E-state index in [1.807, 2.05) is 14.1 Å². The molecule has 0 saturated carbocycles. The second-order valence-corrected chi connectivity index (χ2v) is 3.58. The summed E-state index contributed by atoms with van der Waals surface area (Å²) in [6.07, 6.45) is 0.188. The maximum atomic E-state index is 10.4. The van der Waals surface area contributed by atoms with E-state index in [2.05, 4.69) is 9.80 Å². The molecule has 0 aromatic carbocycles. The molecule has 0 bridgehead atoms. The van der Waals surface area contributed by atoms with Gasteiger partial charge in [0.1, 0.15) is 0 Å². The molecule has 0 heterocycles. The van der Waals surface area contributed by atoms with Crippen LogP contribution in [0.3, 0.4) is 0 Å². The summed E-state index contributed by atoms with van der Waals surface area (Å²) < 4.78 is 0. The van der Waals surface area contributed by atoms with Crippen molar-refractivity contribution in [2.75, 3.05) is 46.8 Å². The molecule has 0 saturated heterocycles. The van der Waals surface area contributed by atoms with Gasteiger partial charge in [0.05, 0.1) is 6.42 Å². The number of likely N-dealkylation sites (N-methyl/N-ethyl adjacent to an activating group) is 1. The van der Waals surface area contributed by atoms with E-state index in [0.29, 0.717) is 13.1 Å². The molecule has 14 heavy (non-hydrogen) atoms. The molecule has 0 aliphatic heterocycles. The second kappa shape index (κ2) is 7.73. The first-order valence-corrected chi connectivity index (χ1v) is 4.85. The van der Waals surface area contributed by atoms with Crippen LogP contribution in [-0.4, -0.2) is 67.7 Å². The van der Waals surface area contributed by atoms with Gasteiger partial charge in [0.25, 0.3) is 0 Å². The minimum Gasteiger partial charge on any atom is -0.481 e. The van der Waals surface area contributed by atoms with Crippen molar-refractivity contribution < 1.29 is 9.90 Å². The molecule has 0 amide bonds. The topological polar surface area (TPSA) is 69.8 Å². The van der Waals surface area contributed by atoms with E-state index < -0.39 is 5.97 Å². The van der Waals surface area contributed by atoms with Crippen molar-refractivity contribution in [3.63, 3.8) is 0 Å². The van der Waals surface area contributed by atoms with E-state index in [1.165, 1.54) is 0 Å². The Balaban J connectivity index is 3.70. The normalized spacial score (nSPS) is 11.2. The van der Waals surface area contributed by atoms with Crippen molar-refractivity contribution >= 4 is 5.97 Å². The lowest BCUT2D eigenvalue weighted by Crippen LogP contribution is -2.36. The van der Waals surface area contributed by atoms with E-state index in [-0.39, 0.29) is 6.42 Å². The van der Waals surface area contributed by atoms with Gasteiger partial charge < -0.3 is 20.6 Å². The third kappa shape index (κ3) is 7.97. The van der Waals surface area contributed by atoms with Crippen molar-refractivity contribution in [3.05, 3.63) is 0 Å². The highest BCUT2D eigenvalue weighted by Crippen LogP contribution is 1.91. The molecular formula is C9H21N3O2. The number of carboxylic acid groups (broad SMARTS) is 1. The Kier molecular flexibility index (Phi) is 7.37. The van der Waals surface area contributed by atoms with E-state index >= 15 is 0 Å². The lowest BCUT2D eigenvalue weighted by molar-refractivity contribution is -0.137. The maximum absolute atomic E-state index is 10.4. The van der Waals surface area contributed by atoms with Gasteiger partial charge in [0, 0.05) is 32.7 Å². The van der Waals surface area contributed by atoms with E-state index in [9.17, 15) is 4.79 Å². The highest BCUT2D eigenvalue weighted by Gasteiger charge is 2.06. The highest BCUT2D eigenvalue weighted by atomic mass is 16.4. The van der Waals surface area contributed by atoms with Crippen LogP contribution < -0.4 is 5.73 Å². The monoisotopic (exact) mass is 203 g/mol. The lowest BCUT2D eigenvalue weighted by Gasteiger charge is -2.22. The molecule has 84 valence electrons. The lowest BCUT2D eigenvalue weighted by atomic mass is 10.3. The fourth-order valence-electron chi connectivity index (χ4n) is 1.11. The molecule has 0 aromatic heterocycles. The average molecular weight is 203 g/mol. The van der Waals surface area contributed by atoms with Crippen molar-refractivity contribution in [3.8, 4) is 0 Å². The zero-order chi connectivity index (χ0) is 11.0. The maximum Gasteiger partial charge on any atom is 0.304 e. The van der Waals surface area contributed by atoms with Crippen molar-refractivity contribution in [1.82, 2.24) is 9.80 Å². The zero-order valence-corrected chi connectivity index (χ0v) is 9.07. The van der Waals surface area contributed by atoms with Crippen LogP contribution in [0.2, 0.25) is 0 Å². The van der Waals surface area contributed by atoms with Gasteiger partial charge in [-0.15, -0.1) is 0 Å². The molecule has 0 radical (unpaired) electrons. The molecule has 0 aliphatic carbocycles. The smallest absolute Gasteiger partial charge is 0.304 e. The molecule has 0 aliphatic rings. The molecule has 0 rings (SSSR count). The van der Waals surface area contributed by atoms with Gasteiger partial charge in [-0.3, -0.25) is 4.79 Å². The van der Waals surface area contributed by atoms with Gasteiger partial charge in [0.15, 0.2) is 0 Å². The standard InChI is InChI=1S/C9H21N3O2/c1-11(2)7-8-12(6-4-10)5-3-9(13)14/h3-8,10H2,1-2H3,(H,13,14). The quantitative estimate of drug-likeness (QED) is 0.545. The predicted molar refractivity (Wildman–Crippen MR) is 56.3 cm³/mol. The largest absolute Gasteiger partial charge is 0.481 e. The predicted octanol–water partition coefficient (Wildman–Crippen LogP) is -0.717. The third-order valence-corrected chi connectivity index (χ3v) is 1.95. The average Bonchev–Trinajstić information content (AvgIpc) is 2.09. The number of carboxylic acids is 1. The van der Waals surface area contributed by atoms with Crippen molar-refractivity contribution in [2.24, 2.45) is 5.73 Å². The van der Waals surface area contributed by atoms with Crippen LogP contribution in [0.4, 0.5) is 0 Å². The molecule has 0 fully saturated rings. The first-order chi connectivity index (χ1) is 6.56. The first-order valence-electron chi connectivity index (χ1n) is 4.85. The van der Waals surface area contributed by atoms with Crippen LogP contribution in [0.5, 0.6) is 0 Å². The summed E-state index contributed by atoms with van der Waals surface area (Å²) in [5, 5.41) is 8.54. The molecule has 5 heteroatoms. The van der Waals surface area contributed by atoms with E-state index in [4.69, 9.17) is 10.8 Å². The minimum atomic E-state index is -0.753. The Hall–Kier alpha value is -0.650. The molecule has 5 nitrogen and oxygen atoms in total. The van der Waals surface area contributed by atoms with Crippen molar-refractivity contribution in [1.29, 1.82) is 0 Å². The molecule has 3 N–H and O–H groups in total. The number of aliphatic carboxylic acids is 1. The fraction of sp³-hybridized carbons (Fsp3) is 0.889. The Labute approximate surface area is 85.5 Å². The number of nitrogens with zero attached hydrogens (tertiary/aromatic N) is 2. The Bertz CT molecular complexity index is 162. The first kappa shape index (κ1) is 13.4. The summed E-state index contributed by atoms with van der Waals surface area (Å²) in [6, 6.07) is 0. The summed E-state index contributed by atoms with van der Waals surface area (Å²) in [5.74, 6) is -0.753. The summed E-state index contributed by atoms with van der Waals surface area (Å²) in [4.78, 5) is 14.5. The fourth-order valence-corrected chi connectivity index (χ4v) is 1.11. The van der Waals surface area contributed by atoms with Crippen LogP contribution in [-0.2, 0) is 4.79 Å². The van der Waals surface area contributed by atoms with E-state index in [1.54, 1.807) is 0 Å². The molecule has 0 unspecified atom stereocenters. The molecular weight excluding hydrogens is 182 g/mol. The van der Waals surface area contributed by atoms with Gasteiger partial charge in [-0.05, 0) is 14.1 Å². The van der Waals surface area contributed by atoms with Crippen molar-refractivity contribution in [2.45, 2.75) is 6.42 Å². The third-order valence-electron chi connectivity index (χ3n) is 1.95. The van der Waals surface area contributed by atoms with Gasteiger partial charge in [-0.2, -0.15) is 0 Å². The summed E-state index contributed by atoms with van der Waals surface area (Å²) in [7, 11) is 4.00. The summed E-state index contributed by atoms with van der Waals surface area (Å²) in [5.41, 5.74) is 5.44. The Morgan fingerprint density at radius 1 is 1.21 bits per heavy atom. The van der Waals surface area contributed by atoms with Gasteiger partial charge in [0.2, 0.25) is 0 Å². The number of rotatable bonds is 8. The number of nitrogens with two attached hydrogens (primary N) is 1. The van der Waals surface area contributed by atoms with Crippen LogP contribution in [0.25, 0.3) is 0 Å². The SMILES string of the molecule is CN(C)CCN(CCN)CCC(=O)O. The van der Waals surface area contributed by atoms with Gasteiger partial charge in [-0.25, -0.2) is 0 Å². The number of hydrogen-bond donors (Lipinski definition) is 2. The molecule has 0 spiro atoms. The van der Waals surface area contributed by atoms with Crippen LogP contribution in [0.15, 0.2) is 0 Å². The van der Waals surface area contributed by atoms with Crippen LogP contribution in [0, 0.1) is 0 Å². The Morgan fingerprint density at radius 3 is 2.29 bits per heavy atom. The highest BCUT2D eigenvalue weighted by molar-refractivity contribution is 5.66. The molecule has 0 aromatic rings. The zero-order valence-electron chi connectivity index (χ0n) is 9.07. The summed E-state index contributed by atoms with van der Waals surface area (Å²) >= 11 is 0. The Morgan fingerprint density at radius 2 is 1.86 bits per heavy atom. The molecule has 0 atom stereocenters. The van der Waals surface area contributed by atoms with Crippen LogP contribution >= 0.6 is 0 Å². The number of carbonyl (C=O) groups is 1. The minimum absolute atomic E-state index is 0.188. The van der Waals surface area contributed by atoms with E-state index in [0.717, 1.165) is 19.6 Å².